The van der Waals surface area contributed by atoms with Crippen LogP contribution in [0.25, 0.3) is 0 Å². The summed E-state index contributed by atoms with van der Waals surface area (Å²) in [6.45, 7) is 4.51. The first kappa shape index (κ1) is 14.8. The number of rotatable bonds is 5. The maximum Gasteiger partial charge on any atom is 0.433 e. The lowest BCUT2D eigenvalue weighted by Gasteiger charge is -2.12. The number of benzene rings is 1. The molecule has 6 heteroatoms. The summed E-state index contributed by atoms with van der Waals surface area (Å²) in [6.07, 6.45) is 0. The standard InChI is InChI=1S/C15H16N2O4/c1-10(2)12-6-4-3-5-11(12)9-16-15(18)13-7-8-14(21-13)17(19)20/h3-8,10H,9H2,1-2H3,(H,16,18). The highest BCUT2D eigenvalue weighted by Crippen LogP contribution is 2.19. The van der Waals surface area contributed by atoms with E-state index in [1.54, 1.807) is 0 Å². The molecule has 1 amide bonds. The summed E-state index contributed by atoms with van der Waals surface area (Å²) in [5.41, 5.74) is 2.17. The Labute approximate surface area is 121 Å². The molecule has 110 valence electrons. The fourth-order valence-corrected chi connectivity index (χ4v) is 2.07. The van der Waals surface area contributed by atoms with Crippen LogP contribution in [0.15, 0.2) is 40.8 Å². The Hall–Kier alpha value is -2.63. The summed E-state index contributed by atoms with van der Waals surface area (Å²) in [5.74, 6) is -0.629. The smallest absolute Gasteiger partial charge is 0.395 e. The molecule has 21 heavy (non-hydrogen) atoms. The fraction of sp³-hybridized carbons (Fsp3) is 0.267. The van der Waals surface area contributed by atoms with Crippen molar-refractivity contribution in [2.45, 2.75) is 26.3 Å². The van der Waals surface area contributed by atoms with Crippen LogP contribution in [0.4, 0.5) is 5.88 Å². The third-order valence-electron chi connectivity index (χ3n) is 3.11. The molecule has 0 bridgehead atoms. The summed E-state index contributed by atoms with van der Waals surface area (Å²) >= 11 is 0. The molecule has 1 aromatic heterocycles. The highest BCUT2D eigenvalue weighted by Gasteiger charge is 2.17. The molecule has 0 atom stereocenters. The normalized spacial score (nSPS) is 10.6. The minimum absolute atomic E-state index is 0.0660. The Bertz CT molecular complexity index is 661. The SMILES string of the molecule is CC(C)c1ccccc1CNC(=O)c1ccc([N+](=O)[O-])o1. The van der Waals surface area contributed by atoms with Gasteiger partial charge < -0.3 is 9.73 Å². The number of furan rings is 1. The number of carbonyl (C=O) groups excluding carboxylic acids is 1. The van der Waals surface area contributed by atoms with Crippen LogP contribution in [0, 0.1) is 10.1 Å². The van der Waals surface area contributed by atoms with Crippen molar-refractivity contribution in [3.8, 4) is 0 Å². The van der Waals surface area contributed by atoms with Crippen LogP contribution in [-0.2, 0) is 6.54 Å². The molecule has 2 rings (SSSR count). The first-order chi connectivity index (χ1) is 9.99. The van der Waals surface area contributed by atoms with Gasteiger partial charge in [0.15, 0.2) is 5.76 Å². The average Bonchev–Trinajstić information content (AvgIpc) is 2.95. The third-order valence-corrected chi connectivity index (χ3v) is 3.11. The number of nitro groups is 1. The molecule has 0 spiro atoms. The van der Waals surface area contributed by atoms with Gasteiger partial charge in [-0.2, -0.15) is 0 Å². The highest BCUT2D eigenvalue weighted by atomic mass is 16.6. The maximum atomic E-state index is 11.9. The molecular weight excluding hydrogens is 272 g/mol. The number of hydrogen-bond acceptors (Lipinski definition) is 4. The Morgan fingerprint density at radius 1 is 1.29 bits per heavy atom. The molecule has 0 aliphatic heterocycles. The van der Waals surface area contributed by atoms with Gasteiger partial charge in [-0.15, -0.1) is 0 Å². The molecule has 0 aliphatic carbocycles. The van der Waals surface area contributed by atoms with Gasteiger partial charge in [-0.3, -0.25) is 14.9 Å². The zero-order valence-corrected chi connectivity index (χ0v) is 11.8. The molecule has 0 unspecified atom stereocenters. The monoisotopic (exact) mass is 288 g/mol. The van der Waals surface area contributed by atoms with E-state index >= 15 is 0 Å². The van der Waals surface area contributed by atoms with Crippen molar-refractivity contribution in [2.75, 3.05) is 0 Å². The van der Waals surface area contributed by atoms with E-state index in [0.717, 1.165) is 17.2 Å². The quantitative estimate of drug-likeness (QED) is 0.676. The summed E-state index contributed by atoms with van der Waals surface area (Å²) in [7, 11) is 0. The van der Waals surface area contributed by atoms with E-state index in [-0.39, 0.29) is 5.76 Å². The first-order valence-electron chi connectivity index (χ1n) is 6.59. The molecule has 1 N–H and O–H groups in total. The van der Waals surface area contributed by atoms with Crippen LogP contribution < -0.4 is 5.32 Å². The molecule has 1 aromatic carbocycles. The fourth-order valence-electron chi connectivity index (χ4n) is 2.07. The van der Waals surface area contributed by atoms with Crippen molar-refractivity contribution in [2.24, 2.45) is 0 Å². The van der Waals surface area contributed by atoms with E-state index in [0.29, 0.717) is 12.5 Å². The maximum absolute atomic E-state index is 11.9. The molecule has 2 aromatic rings. The van der Waals surface area contributed by atoms with Crippen molar-refractivity contribution in [3.05, 3.63) is 63.4 Å². The second-order valence-electron chi connectivity index (χ2n) is 4.93. The minimum atomic E-state index is -0.676. The number of amides is 1. The van der Waals surface area contributed by atoms with Crippen LogP contribution >= 0.6 is 0 Å². The predicted molar refractivity (Wildman–Crippen MR) is 77.1 cm³/mol. The van der Waals surface area contributed by atoms with Crippen molar-refractivity contribution >= 4 is 11.8 Å². The molecule has 0 saturated heterocycles. The lowest BCUT2D eigenvalue weighted by atomic mass is 9.97. The second-order valence-corrected chi connectivity index (χ2v) is 4.93. The number of nitrogens with zero attached hydrogens (tertiary/aromatic N) is 1. The van der Waals surface area contributed by atoms with Crippen LogP contribution in [-0.4, -0.2) is 10.8 Å². The lowest BCUT2D eigenvalue weighted by molar-refractivity contribution is -0.402. The molecule has 0 radical (unpaired) electrons. The van der Waals surface area contributed by atoms with E-state index < -0.39 is 16.7 Å². The Morgan fingerprint density at radius 3 is 2.62 bits per heavy atom. The predicted octanol–water partition coefficient (Wildman–Crippen LogP) is 3.24. The van der Waals surface area contributed by atoms with Gasteiger partial charge in [-0.1, -0.05) is 38.1 Å². The van der Waals surface area contributed by atoms with E-state index in [2.05, 4.69) is 19.2 Å². The summed E-state index contributed by atoms with van der Waals surface area (Å²) < 4.78 is 4.86. The summed E-state index contributed by atoms with van der Waals surface area (Å²) in [5, 5.41) is 13.2. The summed E-state index contributed by atoms with van der Waals surface area (Å²) in [4.78, 5) is 21.7. The van der Waals surface area contributed by atoms with Gasteiger partial charge in [0, 0.05) is 6.54 Å². The van der Waals surface area contributed by atoms with Gasteiger partial charge in [-0.25, -0.2) is 0 Å². The van der Waals surface area contributed by atoms with Gasteiger partial charge >= 0.3 is 5.88 Å². The topological polar surface area (TPSA) is 85.4 Å². The van der Waals surface area contributed by atoms with Crippen molar-refractivity contribution in [1.29, 1.82) is 0 Å². The third kappa shape index (κ3) is 3.47. The van der Waals surface area contributed by atoms with Crippen LogP contribution in [0.5, 0.6) is 0 Å². The van der Waals surface area contributed by atoms with Gasteiger partial charge in [0.05, 0.1) is 6.07 Å². The Kier molecular flexibility index (Phi) is 4.37. The zero-order chi connectivity index (χ0) is 15.4. The number of hydrogen-bond donors (Lipinski definition) is 1. The van der Waals surface area contributed by atoms with Gasteiger partial charge in [0.2, 0.25) is 0 Å². The lowest BCUT2D eigenvalue weighted by Crippen LogP contribution is -2.23. The molecule has 0 saturated carbocycles. The largest absolute Gasteiger partial charge is 0.433 e. The minimum Gasteiger partial charge on any atom is -0.395 e. The van der Waals surface area contributed by atoms with E-state index in [4.69, 9.17) is 4.42 Å². The van der Waals surface area contributed by atoms with E-state index in [9.17, 15) is 14.9 Å². The Morgan fingerprint density at radius 2 is 2.00 bits per heavy atom. The van der Waals surface area contributed by atoms with E-state index in [1.165, 1.54) is 6.07 Å². The summed E-state index contributed by atoms with van der Waals surface area (Å²) in [6, 6.07) is 10.3. The molecule has 6 nitrogen and oxygen atoms in total. The van der Waals surface area contributed by atoms with Crippen molar-refractivity contribution < 1.29 is 14.1 Å². The van der Waals surface area contributed by atoms with Crippen LogP contribution in [0.1, 0.15) is 41.4 Å². The van der Waals surface area contributed by atoms with E-state index in [1.807, 2.05) is 24.3 Å². The molecule has 0 fully saturated rings. The van der Waals surface area contributed by atoms with Crippen LogP contribution in [0.2, 0.25) is 0 Å². The van der Waals surface area contributed by atoms with Gasteiger partial charge in [0.25, 0.3) is 5.91 Å². The second kappa shape index (κ2) is 6.21. The van der Waals surface area contributed by atoms with Gasteiger partial charge in [0.1, 0.15) is 4.92 Å². The highest BCUT2D eigenvalue weighted by molar-refractivity contribution is 5.91. The molecule has 1 heterocycles. The van der Waals surface area contributed by atoms with Crippen LogP contribution in [0.3, 0.4) is 0 Å². The van der Waals surface area contributed by atoms with Crippen molar-refractivity contribution in [1.82, 2.24) is 5.32 Å². The number of nitrogens with one attached hydrogen (secondary N) is 1. The van der Waals surface area contributed by atoms with Crippen molar-refractivity contribution in [3.63, 3.8) is 0 Å². The number of carbonyl (C=O) groups is 1. The van der Waals surface area contributed by atoms with Gasteiger partial charge in [-0.05, 0) is 23.1 Å². The average molecular weight is 288 g/mol. The Balaban J connectivity index is 2.05. The zero-order valence-electron chi connectivity index (χ0n) is 11.8. The molecule has 0 aliphatic rings. The molecular formula is C15H16N2O4. The first-order valence-corrected chi connectivity index (χ1v) is 6.59.